The molecular weight excluding hydrogens is 299 g/mol. The van der Waals surface area contributed by atoms with Crippen LogP contribution in [0.4, 0.5) is 0 Å². The molecule has 0 unspecified atom stereocenters. The van der Waals surface area contributed by atoms with Crippen LogP contribution in [0, 0.1) is 14.9 Å². The molecule has 0 radical (unpaired) electrons. The van der Waals surface area contributed by atoms with Gasteiger partial charge >= 0.3 is 0 Å². The van der Waals surface area contributed by atoms with Gasteiger partial charge in [0.1, 0.15) is 0 Å². The van der Waals surface area contributed by atoms with Crippen molar-refractivity contribution in [1.29, 1.82) is 5.26 Å². The summed E-state index contributed by atoms with van der Waals surface area (Å²) in [5.74, 6) is 0. The fourth-order valence-electron chi connectivity index (χ4n) is 1.34. The molecule has 2 nitrogen and oxygen atoms in total. The van der Waals surface area contributed by atoms with Crippen molar-refractivity contribution in [2.45, 2.75) is 26.4 Å². The third kappa shape index (κ3) is 4.18. The summed E-state index contributed by atoms with van der Waals surface area (Å²) in [6, 6.07) is 11.0. The van der Waals surface area contributed by atoms with Gasteiger partial charge in [0, 0.05) is 16.2 Å². The molecule has 0 heterocycles. The molecule has 0 aliphatic heterocycles. The maximum atomic E-state index is 8.71. The lowest BCUT2D eigenvalue weighted by atomic mass is 10.2. The van der Waals surface area contributed by atoms with Gasteiger partial charge in [0.15, 0.2) is 0 Å². The second kappa shape index (κ2) is 6.09. The van der Waals surface area contributed by atoms with E-state index in [0.29, 0.717) is 12.6 Å². The summed E-state index contributed by atoms with van der Waals surface area (Å²) in [6.45, 7) is 5.57. The fourth-order valence-corrected chi connectivity index (χ4v) is 1.70. The summed E-state index contributed by atoms with van der Waals surface area (Å²) in [6.07, 6.45) is 0. The summed E-state index contributed by atoms with van der Waals surface area (Å²) < 4.78 is 1.24. The van der Waals surface area contributed by atoms with Crippen LogP contribution in [-0.2, 0) is 6.54 Å². The van der Waals surface area contributed by atoms with Crippen LogP contribution in [0.2, 0.25) is 0 Å². The lowest BCUT2D eigenvalue weighted by Gasteiger charge is -2.23. The summed E-state index contributed by atoms with van der Waals surface area (Å²) in [5, 5.41) is 8.71. The van der Waals surface area contributed by atoms with Crippen LogP contribution in [0.25, 0.3) is 0 Å². The third-order valence-electron chi connectivity index (χ3n) is 2.30. The minimum Gasteiger partial charge on any atom is -0.284 e. The van der Waals surface area contributed by atoms with E-state index in [0.717, 1.165) is 6.54 Å². The van der Waals surface area contributed by atoms with Crippen molar-refractivity contribution in [3.8, 4) is 6.07 Å². The minimum atomic E-state index is 0.406. The van der Waals surface area contributed by atoms with Gasteiger partial charge in [-0.25, -0.2) is 0 Å². The number of rotatable bonds is 4. The van der Waals surface area contributed by atoms with E-state index in [1.165, 1.54) is 9.13 Å². The van der Waals surface area contributed by atoms with Crippen molar-refractivity contribution in [2.75, 3.05) is 6.54 Å². The Morgan fingerprint density at radius 1 is 1.33 bits per heavy atom. The standard InChI is InChI=1S/C12H15IN2/c1-10(2)15(8-7-14)9-11-3-5-12(13)6-4-11/h3-6,10H,8-9H2,1-2H3. The molecular formula is C12H15IN2. The number of hydrogen-bond donors (Lipinski definition) is 0. The first-order valence-electron chi connectivity index (χ1n) is 4.99. The minimum absolute atomic E-state index is 0.406. The van der Waals surface area contributed by atoms with E-state index < -0.39 is 0 Å². The van der Waals surface area contributed by atoms with Crippen LogP contribution >= 0.6 is 22.6 Å². The van der Waals surface area contributed by atoms with Crippen molar-refractivity contribution >= 4 is 22.6 Å². The summed E-state index contributed by atoms with van der Waals surface area (Å²) in [5.41, 5.74) is 1.26. The molecule has 0 spiro atoms. The van der Waals surface area contributed by atoms with E-state index in [4.69, 9.17) is 5.26 Å². The van der Waals surface area contributed by atoms with Crippen LogP contribution < -0.4 is 0 Å². The Morgan fingerprint density at radius 3 is 2.40 bits per heavy atom. The highest BCUT2D eigenvalue weighted by Crippen LogP contribution is 2.10. The van der Waals surface area contributed by atoms with Gasteiger partial charge in [-0.15, -0.1) is 0 Å². The van der Waals surface area contributed by atoms with Gasteiger partial charge in [0.05, 0.1) is 12.6 Å². The van der Waals surface area contributed by atoms with E-state index in [1.54, 1.807) is 0 Å². The number of nitriles is 1. The molecule has 15 heavy (non-hydrogen) atoms. The Hall–Kier alpha value is -0.600. The van der Waals surface area contributed by atoms with Gasteiger partial charge in [-0.05, 0) is 54.1 Å². The van der Waals surface area contributed by atoms with Gasteiger partial charge in [0.25, 0.3) is 0 Å². The van der Waals surface area contributed by atoms with Crippen LogP contribution in [0.15, 0.2) is 24.3 Å². The highest BCUT2D eigenvalue weighted by atomic mass is 127. The molecule has 0 aliphatic carbocycles. The highest BCUT2D eigenvalue weighted by molar-refractivity contribution is 14.1. The molecule has 0 saturated carbocycles. The Labute approximate surface area is 105 Å². The number of benzene rings is 1. The highest BCUT2D eigenvalue weighted by Gasteiger charge is 2.08. The van der Waals surface area contributed by atoms with Gasteiger partial charge in [-0.2, -0.15) is 5.26 Å². The van der Waals surface area contributed by atoms with Gasteiger partial charge < -0.3 is 0 Å². The van der Waals surface area contributed by atoms with E-state index in [-0.39, 0.29) is 0 Å². The second-order valence-corrected chi connectivity index (χ2v) is 5.03. The molecule has 0 amide bonds. The van der Waals surface area contributed by atoms with Crippen molar-refractivity contribution < 1.29 is 0 Å². The first-order valence-corrected chi connectivity index (χ1v) is 6.07. The molecule has 0 aliphatic rings. The SMILES string of the molecule is CC(C)N(CC#N)Cc1ccc(I)cc1. The average molecular weight is 314 g/mol. The van der Waals surface area contributed by atoms with Crippen molar-refractivity contribution in [3.63, 3.8) is 0 Å². The molecule has 0 atom stereocenters. The first-order chi connectivity index (χ1) is 7.13. The maximum Gasteiger partial charge on any atom is 0.0871 e. The number of hydrogen-bond acceptors (Lipinski definition) is 2. The second-order valence-electron chi connectivity index (χ2n) is 3.78. The topological polar surface area (TPSA) is 27.0 Å². The Balaban J connectivity index is 2.66. The first kappa shape index (κ1) is 12.5. The van der Waals surface area contributed by atoms with Gasteiger partial charge in [0.2, 0.25) is 0 Å². The molecule has 3 heteroatoms. The van der Waals surface area contributed by atoms with Crippen LogP contribution in [0.5, 0.6) is 0 Å². The third-order valence-corrected chi connectivity index (χ3v) is 3.02. The van der Waals surface area contributed by atoms with Crippen molar-refractivity contribution in [1.82, 2.24) is 4.90 Å². The molecule has 0 N–H and O–H groups in total. The lowest BCUT2D eigenvalue weighted by molar-refractivity contribution is 0.240. The van der Waals surface area contributed by atoms with Gasteiger partial charge in [-0.3, -0.25) is 4.90 Å². The van der Waals surface area contributed by atoms with E-state index >= 15 is 0 Å². The Bertz CT molecular complexity index is 338. The van der Waals surface area contributed by atoms with Crippen LogP contribution in [0.1, 0.15) is 19.4 Å². The zero-order chi connectivity index (χ0) is 11.3. The molecule has 0 aromatic heterocycles. The zero-order valence-electron chi connectivity index (χ0n) is 9.07. The molecule has 0 saturated heterocycles. The Morgan fingerprint density at radius 2 is 1.93 bits per heavy atom. The normalized spacial score (nSPS) is 10.7. The largest absolute Gasteiger partial charge is 0.284 e. The van der Waals surface area contributed by atoms with E-state index in [1.807, 2.05) is 0 Å². The number of nitrogens with zero attached hydrogens (tertiary/aromatic N) is 2. The molecule has 0 fully saturated rings. The Kier molecular flexibility index (Phi) is 5.06. The van der Waals surface area contributed by atoms with Crippen LogP contribution in [-0.4, -0.2) is 17.5 Å². The summed E-state index contributed by atoms with van der Waals surface area (Å²) in [4.78, 5) is 2.15. The average Bonchev–Trinajstić information content (AvgIpc) is 2.20. The fraction of sp³-hybridized carbons (Fsp3) is 0.417. The van der Waals surface area contributed by atoms with Gasteiger partial charge in [-0.1, -0.05) is 12.1 Å². The maximum absolute atomic E-state index is 8.71. The molecule has 1 rings (SSSR count). The van der Waals surface area contributed by atoms with Crippen molar-refractivity contribution in [3.05, 3.63) is 33.4 Å². The smallest absolute Gasteiger partial charge is 0.0871 e. The molecule has 80 valence electrons. The van der Waals surface area contributed by atoms with Crippen molar-refractivity contribution in [2.24, 2.45) is 0 Å². The molecule has 0 bridgehead atoms. The quantitative estimate of drug-likeness (QED) is 0.631. The summed E-state index contributed by atoms with van der Waals surface area (Å²) >= 11 is 2.29. The van der Waals surface area contributed by atoms with E-state index in [2.05, 4.69) is 71.7 Å². The predicted octanol–water partition coefficient (Wildman–Crippen LogP) is 3.03. The van der Waals surface area contributed by atoms with Crippen LogP contribution in [0.3, 0.4) is 0 Å². The monoisotopic (exact) mass is 314 g/mol. The summed E-state index contributed by atoms with van der Waals surface area (Å²) in [7, 11) is 0. The molecule has 1 aromatic carbocycles. The predicted molar refractivity (Wildman–Crippen MR) is 70.3 cm³/mol. The molecule has 1 aromatic rings. The lowest BCUT2D eigenvalue weighted by Crippen LogP contribution is -2.30. The zero-order valence-corrected chi connectivity index (χ0v) is 11.2. The number of halogens is 1. The van der Waals surface area contributed by atoms with E-state index in [9.17, 15) is 0 Å².